The fraction of sp³-hybridized carbons (Fsp3) is 0.485. The first kappa shape index (κ1) is 34.4. The van der Waals surface area contributed by atoms with E-state index in [2.05, 4.69) is 5.32 Å². The summed E-state index contributed by atoms with van der Waals surface area (Å²) >= 11 is 0. The predicted molar refractivity (Wildman–Crippen MR) is 164 cm³/mol. The van der Waals surface area contributed by atoms with Crippen LogP contribution < -0.4 is 15.5 Å². The number of Topliss-reactive ketones (excluding diaryl/α,β-unsaturated/α-hetero) is 1. The molecule has 2 aromatic carbocycles. The summed E-state index contributed by atoms with van der Waals surface area (Å²) in [6, 6.07) is 12.1. The average Bonchev–Trinajstić information content (AvgIpc) is 3.20. The third-order valence-corrected chi connectivity index (χ3v) is 7.61. The van der Waals surface area contributed by atoms with Crippen molar-refractivity contribution in [3.8, 4) is 5.75 Å². The van der Waals surface area contributed by atoms with Crippen molar-refractivity contribution in [2.24, 2.45) is 23.2 Å². The maximum Gasteiger partial charge on any atom is 0.261 e. The van der Waals surface area contributed by atoms with E-state index in [9.17, 15) is 29.2 Å². The van der Waals surface area contributed by atoms with Gasteiger partial charge in [-0.25, -0.2) is 5.48 Å². The smallest absolute Gasteiger partial charge is 0.261 e. The standard InChI is InChI=1S/C33H44N4O7/c1-20(2)18-25(26(30(40)35-43)19-37-31(41)23-10-8-9-11-24(23)32(37)42)29(39)34-28(33(3,4)5)27(38)21-12-14-22(15-13-21)44-17-16-36(6)7/h8-15,20,25-26,28,43H,16-19H2,1-7H3,(H,34,39)(H,35,40)/t25-,26?,28-/m1/s1. The van der Waals surface area contributed by atoms with Crippen LogP contribution in [0, 0.1) is 23.2 Å². The van der Waals surface area contributed by atoms with Crippen LogP contribution in [0.2, 0.25) is 0 Å². The van der Waals surface area contributed by atoms with Crippen molar-refractivity contribution in [2.45, 2.75) is 47.1 Å². The number of likely N-dealkylation sites (N-methyl/N-ethyl adjacent to an activating group) is 1. The van der Waals surface area contributed by atoms with Gasteiger partial charge in [0.1, 0.15) is 12.4 Å². The van der Waals surface area contributed by atoms with Crippen molar-refractivity contribution >= 4 is 29.4 Å². The van der Waals surface area contributed by atoms with E-state index in [-0.39, 0.29) is 29.2 Å². The quantitative estimate of drug-likeness (QED) is 0.128. The molecule has 44 heavy (non-hydrogen) atoms. The molecule has 0 fully saturated rings. The zero-order chi connectivity index (χ0) is 32.8. The minimum absolute atomic E-state index is 0.0780. The van der Waals surface area contributed by atoms with Crippen LogP contribution in [0.5, 0.6) is 5.75 Å². The van der Waals surface area contributed by atoms with Gasteiger partial charge in [-0.3, -0.25) is 34.1 Å². The van der Waals surface area contributed by atoms with Crippen LogP contribution in [0.1, 0.15) is 72.1 Å². The minimum atomic E-state index is -1.28. The maximum absolute atomic E-state index is 14.0. The molecule has 4 amide bonds. The Morgan fingerprint density at radius 2 is 1.48 bits per heavy atom. The van der Waals surface area contributed by atoms with Gasteiger partial charge in [0, 0.05) is 18.7 Å². The summed E-state index contributed by atoms with van der Waals surface area (Å²) in [6.07, 6.45) is 0.192. The molecule has 0 aromatic heterocycles. The number of carbonyl (C=O) groups is 5. The van der Waals surface area contributed by atoms with E-state index in [1.807, 2.05) is 53.6 Å². The van der Waals surface area contributed by atoms with Gasteiger partial charge >= 0.3 is 0 Å². The first-order valence-electron chi connectivity index (χ1n) is 14.8. The molecule has 3 rings (SSSR count). The molecular formula is C33H44N4O7. The number of carbonyl (C=O) groups excluding carboxylic acids is 5. The number of rotatable bonds is 14. The number of imide groups is 1. The van der Waals surface area contributed by atoms with E-state index in [1.54, 1.807) is 41.9 Å². The van der Waals surface area contributed by atoms with Crippen LogP contribution in [-0.4, -0.2) is 84.3 Å². The van der Waals surface area contributed by atoms with Gasteiger partial charge in [-0.2, -0.15) is 0 Å². The second-order valence-corrected chi connectivity index (χ2v) is 12.9. The van der Waals surface area contributed by atoms with Gasteiger partial charge in [0.2, 0.25) is 11.8 Å². The molecule has 2 aromatic rings. The van der Waals surface area contributed by atoms with E-state index >= 15 is 0 Å². The first-order valence-corrected chi connectivity index (χ1v) is 14.8. The van der Waals surface area contributed by atoms with E-state index in [0.717, 1.165) is 11.4 Å². The van der Waals surface area contributed by atoms with Crippen molar-refractivity contribution in [2.75, 3.05) is 33.8 Å². The molecule has 0 saturated heterocycles. The van der Waals surface area contributed by atoms with Crippen LogP contribution >= 0.6 is 0 Å². The summed E-state index contributed by atoms with van der Waals surface area (Å²) in [4.78, 5) is 69.9. The molecule has 1 aliphatic heterocycles. The SMILES string of the molecule is CC(C)C[C@@H](C(=O)N[C@H](C(=O)c1ccc(OCCN(C)C)cc1)C(C)(C)C)C(CN1C(=O)c2ccccc2C1=O)C(=O)NO. The molecule has 0 aliphatic carbocycles. The van der Waals surface area contributed by atoms with Gasteiger partial charge in [-0.15, -0.1) is 0 Å². The summed E-state index contributed by atoms with van der Waals surface area (Å²) in [5, 5.41) is 12.5. The Morgan fingerprint density at radius 1 is 0.909 bits per heavy atom. The molecule has 3 N–H and O–H groups in total. The molecule has 1 heterocycles. The molecule has 0 saturated carbocycles. The number of hydrogen-bond donors (Lipinski definition) is 3. The molecular weight excluding hydrogens is 564 g/mol. The highest BCUT2D eigenvalue weighted by Crippen LogP contribution is 2.30. The molecule has 1 unspecified atom stereocenters. The predicted octanol–water partition coefficient (Wildman–Crippen LogP) is 3.42. The Labute approximate surface area is 258 Å². The van der Waals surface area contributed by atoms with Crippen LogP contribution in [0.15, 0.2) is 48.5 Å². The third kappa shape index (κ3) is 8.29. The number of ketones is 1. The third-order valence-electron chi connectivity index (χ3n) is 7.61. The minimum Gasteiger partial charge on any atom is -0.492 e. The summed E-state index contributed by atoms with van der Waals surface area (Å²) < 4.78 is 5.73. The van der Waals surface area contributed by atoms with Gasteiger partial charge in [0.05, 0.1) is 29.0 Å². The molecule has 0 radical (unpaired) electrons. The number of nitrogens with zero attached hydrogens (tertiary/aromatic N) is 2. The number of benzene rings is 2. The Hall–Kier alpha value is -4.09. The summed E-state index contributed by atoms with van der Waals surface area (Å²) in [5.41, 5.74) is 1.68. The fourth-order valence-electron chi connectivity index (χ4n) is 5.19. The van der Waals surface area contributed by atoms with Crippen LogP contribution in [-0.2, 0) is 9.59 Å². The number of ether oxygens (including phenoxy) is 1. The number of fused-ring (bicyclic) bond motifs is 1. The largest absolute Gasteiger partial charge is 0.492 e. The van der Waals surface area contributed by atoms with Crippen molar-refractivity contribution in [3.63, 3.8) is 0 Å². The molecule has 11 heteroatoms. The van der Waals surface area contributed by atoms with Gasteiger partial charge in [-0.1, -0.05) is 46.8 Å². The van der Waals surface area contributed by atoms with Gasteiger partial charge < -0.3 is 15.0 Å². The van der Waals surface area contributed by atoms with Gasteiger partial charge in [-0.05, 0) is 68.2 Å². The van der Waals surface area contributed by atoms with Crippen molar-refractivity contribution in [1.82, 2.24) is 20.6 Å². The highest BCUT2D eigenvalue weighted by Gasteiger charge is 2.43. The van der Waals surface area contributed by atoms with E-state index in [1.165, 1.54) is 12.1 Å². The number of hydrogen-bond acceptors (Lipinski definition) is 8. The van der Waals surface area contributed by atoms with Crippen molar-refractivity contribution in [3.05, 3.63) is 65.2 Å². The van der Waals surface area contributed by atoms with E-state index in [0.29, 0.717) is 17.9 Å². The zero-order valence-corrected chi connectivity index (χ0v) is 26.5. The molecule has 0 spiro atoms. The number of nitrogens with one attached hydrogen (secondary N) is 2. The molecule has 238 valence electrons. The Morgan fingerprint density at radius 3 is 1.95 bits per heavy atom. The Balaban J connectivity index is 1.87. The summed E-state index contributed by atoms with van der Waals surface area (Å²) in [7, 11) is 3.89. The maximum atomic E-state index is 14.0. The first-order chi connectivity index (χ1) is 20.6. The molecule has 3 atom stereocenters. The molecule has 0 bridgehead atoms. The number of amides is 4. The monoisotopic (exact) mass is 608 g/mol. The lowest BCUT2D eigenvalue weighted by Gasteiger charge is -2.34. The van der Waals surface area contributed by atoms with Crippen molar-refractivity contribution < 1.29 is 33.9 Å². The zero-order valence-electron chi connectivity index (χ0n) is 26.5. The lowest BCUT2D eigenvalue weighted by Crippen LogP contribution is -2.54. The second-order valence-electron chi connectivity index (χ2n) is 12.9. The lowest BCUT2D eigenvalue weighted by atomic mass is 9.79. The van der Waals surface area contributed by atoms with Crippen LogP contribution in [0.25, 0.3) is 0 Å². The Bertz CT molecular complexity index is 1330. The van der Waals surface area contributed by atoms with Crippen LogP contribution in [0.3, 0.4) is 0 Å². The van der Waals surface area contributed by atoms with Gasteiger partial charge in [0.25, 0.3) is 11.8 Å². The summed E-state index contributed by atoms with van der Waals surface area (Å²) in [5.74, 6) is -4.81. The van der Waals surface area contributed by atoms with Crippen molar-refractivity contribution in [1.29, 1.82) is 0 Å². The van der Waals surface area contributed by atoms with Crippen LogP contribution in [0.4, 0.5) is 0 Å². The van der Waals surface area contributed by atoms with E-state index in [4.69, 9.17) is 4.74 Å². The normalized spacial score (nSPS) is 15.2. The lowest BCUT2D eigenvalue weighted by molar-refractivity contribution is -0.141. The highest BCUT2D eigenvalue weighted by atomic mass is 16.5. The summed E-state index contributed by atoms with van der Waals surface area (Å²) in [6.45, 7) is 10.00. The fourth-order valence-corrected chi connectivity index (χ4v) is 5.19. The Kier molecular flexibility index (Phi) is 11.4. The number of hydroxylamine groups is 1. The van der Waals surface area contributed by atoms with E-state index < -0.39 is 53.5 Å². The van der Waals surface area contributed by atoms with Gasteiger partial charge in [0.15, 0.2) is 5.78 Å². The second kappa shape index (κ2) is 14.6. The molecule has 11 nitrogen and oxygen atoms in total. The average molecular weight is 609 g/mol. The molecule has 1 aliphatic rings. The topological polar surface area (TPSA) is 145 Å². The highest BCUT2D eigenvalue weighted by molar-refractivity contribution is 6.21.